The average molecular weight is 268 g/mol. The van der Waals surface area contributed by atoms with Crippen LogP contribution in [0.5, 0.6) is 5.75 Å². The van der Waals surface area contributed by atoms with E-state index in [4.69, 9.17) is 16.3 Å². The minimum atomic E-state index is 0.707. The summed E-state index contributed by atoms with van der Waals surface area (Å²) in [4.78, 5) is 0. The van der Waals surface area contributed by atoms with Crippen LogP contribution in [0.1, 0.15) is 36.8 Å². The number of benzene rings is 1. The molecule has 0 aromatic heterocycles. The van der Waals surface area contributed by atoms with Crippen molar-refractivity contribution in [2.24, 2.45) is 0 Å². The summed E-state index contributed by atoms with van der Waals surface area (Å²) < 4.78 is 5.22. The van der Waals surface area contributed by atoms with E-state index in [1.165, 1.54) is 36.8 Å². The number of nitrogens with one attached hydrogen (secondary N) is 1. The van der Waals surface area contributed by atoms with Crippen LogP contribution in [0.3, 0.4) is 0 Å². The maximum Gasteiger partial charge on any atom is 0.137 e. The van der Waals surface area contributed by atoms with Gasteiger partial charge in [-0.2, -0.15) is 0 Å². The fraction of sp³-hybridized carbons (Fsp3) is 0.600. The molecule has 2 rings (SSSR count). The Balaban J connectivity index is 1.90. The lowest BCUT2D eigenvalue weighted by Gasteiger charge is -2.14. The first-order valence-corrected chi connectivity index (χ1v) is 7.15. The molecule has 100 valence electrons. The quantitative estimate of drug-likeness (QED) is 0.878. The van der Waals surface area contributed by atoms with Crippen LogP contribution in [0.2, 0.25) is 5.02 Å². The lowest BCUT2D eigenvalue weighted by molar-refractivity contribution is 0.414. The van der Waals surface area contributed by atoms with Crippen molar-refractivity contribution in [3.8, 4) is 5.75 Å². The topological polar surface area (TPSA) is 21.3 Å². The van der Waals surface area contributed by atoms with Gasteiger partial charge in [-0.1, -0.05) is 24.4 Å². The third-order valence-corrected chi connectivity index (χ3v) is 4.09. The molecule has 0 spiro atoms. The van der Waals surface area contributed by atoms with Crippen LogP contribution in [0, 0.1) is 6.92 Å². The Morgan fingerprint density at radius 3 is 2.72 bits per heavy atom. The Morgan fingerprint density at radius 1 is 1.33 bits per heavy atom. The van der Waals surface area contributed by atoms with Crippen LogP contribution in [0.15, 0.2) is 12.1 Å². The van der Waals surface area contributed by atoms with E-state index >= 15 is 0 Å². The lowest BCUT2D eigenvalue weighted by atomic mass is 10.1. The van der Waals surface area contributed by atoms with Crippen molar-refractivity contribution in [1.82, 2.24) is 5.32 Å². The van der Waals surface area contributed by atoms with Crippen molar-refractivity contribution in [3.63, 3.8) is 0 Å². The minimum absolute atomic E-state index is 0.707. The molecule has 18 heavy (non-hydrogen) atoms. The largest absolute Gasteiger partial charge is 0.495 e. The first kappa shape index (κ1) is 13.7. The normalized spacial score (nSPS) is 16.2. The maximum absolute atomic E-state index is 6.16. The molecule has 0 unspecified atom stereocenters. The summed E-state index contributed by atoms with van der Waals surface area (Å²) in [6.45, 7) is 3.15. The second-order valence-corrected chi connectivity index (χ2v) is 5.51. The first-order chi connectivity index (χ1) is 8.70. The van der Waals surface area contributed by atoms with Gasteiger partial charge >= 0.3 is 0 Å². The molecule has 1 aromatic carbocycles. The second kappa shape index (κ2) is 6.44. The Morgan fingerprint density at radius 2 is 2.06 bits per heavy atom. The van der Waals surface area contributed by atoms with Gasteiger partial charge in [0.1, 0.15) is 5.75 Å². The molecule has 0 amide bonds. The molecule has 0 radical (unpaired) electrons. The van der Waals surface area contributed by atoms with E-state index in [0.29, 0.717) is 5.02 Å². The molecule has 1 aliphatic carbocycles. The molecule has 3 heteroatoms. The standard InChI is InChI=1S/C15H22ClNO/c1-11-9-15(18-2)14(16)10-12(11)7-8-17-13-5-3-4-6-13/h9-10,13,17H,3-8H2,1-2H3. The monoisotopic (exact) mass is 267 g/mol. The SMILES string of the molecule is COc1cc(C)c(CCNC2CCCC2)cc1Cl. The molecule has 0 saturated heterocycles. The summed E-state index contributed by atoms with van der Waals surface area (Å²) in [6, 6.07) is 4.79. The highest BCUT2D eigenvalue weighted by Gasteiger charge is 2.14. The van der Waals surface area contributed by atoms with Crippen LogP contribution in [0.4, 0.5) is 0 Å². The van der Waals surface area contributed by atoms with Gasteiger partial charge in [0.25, 0.3) is 0 Å². The summed E-state index contributed by atoms with van der Waals surface area (Å²) in [5, 5.41) is 4.34. The van der Waals surface area contributed by atoms with E-state index in [2.05, 4.69) is 12.2 Å². The summed E-state index contributed by atoms with van der Waals surface area (Å²) >= 11 is 6.16. The Bertz CT molecular complexity index is 400. The van der Waals surface area contributed by atoms with Crippen LogP contribution >= 0.6 is 11.6 Å². The zero-order chi connectivity index (χ0) is 13.0. The smallest absolute Gasteiger partial charge is 0.137 e. The van der Waals surface area contributed by atoms with E-state index in [1.54, 1.807) is 7.11 Å². The van der Waals surface area contributed by atoms with Crippen molar-refractivity contribution < 1.29 is 4.74 Å². The van der Waals surface area contributed by atoms with E-state index in [1.807, 2.05) is 12.1 Å². The Labute approximate surface area is 115 Å². The molecular weight excluding hydrogens is 246 g/mol. The Hall–Kier alpha value is -0.730. The molecule has 1 aromatic rings. The molecule has 1 saturated carbocycles. The van der Waals surface area contributed by atoms with E-state index in [9.17, 15) is 0 Å². The first-order valence-electron chi connectivity index (χ1n) is 6.77. The molecule has 0 atom stereocenters. The minimum Gasteiger partial charge on any atom is -0.495 e. The third kappa shape index (κ3) is 3.39. The molecule has 1 fully saturated rings. The van der Waals surface area contributed by atoms with Crippen molar-refractivity contribution in [2.75, 3.05) is 13.7 Å². The van der Waals surface area contributed by atoms with Crippen molar-refractivity contribution >= 4 is 11.6 Å². The highest BCUT2D eigenvalue weighted by molar-refractivity contribution is 6.32. The molecule has 0 heterocycles. The fourth-order valence-corrected chi connectivity index (χ4v) is 2.93. The van der Waals surface area contributed by atoms with Crippen molar-refractivity contribution in [1.29, 1.82) is 0 Å². The number of aryl methyl sites for hydroxylation is 1. The van der Waals surface area contributed by atoms with Gasteiger partial charge in [0, 0.05) is 6.04 Å². The highest BCUT2D eigenvalue weighted by atomic mass is 35.5. The van der Waals surface area contributed by atoms with Gasteiger partial charge in [0.05, 0.1) is 12.1 Å². The fourth-order valence-electron chi connectivity index (χ4n) is 2.66. The van der Waals surface area contributed by atoms with Gasteiger partial charge in [-0.3, -0.25) is 0 Å². The van der Waals surface area contributed by atoms with Gasteiger partial charge in [0.15, 0.2) is 0 Å². The molecular formula is C15H22ClNO. The van der Waals surface area contributed by atoms with Gasteiger partial charge in [-0.15, -0.1) is 0 Å². The zero-order valence-electron chi connectivity index (χ0n) is 11.3. The zero-order valence-corrected chi connectivity index (χ0v) is 12.0. The van der Waals surface area contributed by atoms with Crippen molar-refractivity contribution in [3.05, 3.63) is 28.3 Å². The maximum atomic E-state index is 6.16. The number of halogens is 1. The number of rotatable bonds is 5. The summed E-state index contributed by atoms with van der Waals surface area (Å²) in [5.41, 5.74) is 2.57. The summed E-state index contributed by atoms with van der Waals surface area (Å²) in [6.07, 6.45) is 6.47. The van der Waals surface area contributed by atoms with Crippen LogP contribution < -0.4 is 10.1 Å². The summed E-state index contributed by atoms with van der Waals surface area (Å²) in [7, 11) is 1.65. The highest BCUT2D eigenvalue weighted by Crippen LogP contribution is 2.28. The predicted octanol–water partition coefficient (Wildman–Crippen LogP) is 3.73. The summed E-state index contributed by atoms with van der Waals surface area (Å²) in [5.74, 6) is 0.765. The predicted molar refractivity (Wildman–Crippen MR) is 76.7 cm³/mol. The number of methoxy groups -OCH3 is 1. The molecule has 1 aliphatic rings. The molecule has 2 nitrogen and oxygen atoms in total. The van der Waals surface area contributed by atoms with Gasteiger partial charge in [-0.25, -0.2) is 0 Å². The average Bonchev–Trinajstić information content (AvgIpc) is 2.86. The molecule has 0 bridgehead atoms. The second-order valence-electron chi connectivity index (χ2n) is 5.10. The number of ether oxygens (including phenoxy) is 1. The van der Waals surface area contributed by atoms with E-state index in [0.717, 1.165) is 24.8 Å². The van der Waals surface area contributed by atoms with Crippen molar-refractivity contribution in [2.45, 2.75) is 45.1 Å². The molecule has 0 aliphatic heterocycles. The Kier molecular flexibility index (Phi) is 4.90. The number of hydrogen-bond acceptors (Lipinski definition) is 2. The van der Waals surface area contributed by atoms with Crippen LogP contribution in [-0.4, -0.2) is 19.7 Å². The van der Waals surface area contributed by atoms with E-state index in [-0.39, 0.29) is 0 Å². The van der Waals surface area contributed by atoms with Gasteiger partial charge in [-0.05, 0) is 56.0 Å². The lowest BCUT2D eigenvalue weighted by Crippen LogP contribution is -2.28. The molecule has 1 N–H and O–H groups in total. The van der Waals surface area contributed by atoms with E-state index < -0.39 is 0 Å². The van der Waals surface area contributed by atoms with Crippen LogP contribution in [-0.2, 0) is 6.42 Å². The van der Waals surface area contributed by atoms with Gasteiger partial charge < -0.3 is 10.1 Å². The van der Waals surface area contributed by atoms with Gasteiger partial charge in [0.2, 0.25) is 0 Å². The third-order valence-electron chi connectivity index (χ3n) is 3.79. The number of hydrogen-bond donors (Lipinski definition) is 1. The van der Waals surface area contributed by atoms with Crippen LogP contribution in [0.25, 0.3) is 0 Å².